The highest BCUT2D eigenvalue weighted by atomic mass is 19.1. The molecule has 78 valence electrons. The van der Waals surface area contributed by atoms with Crippen LogP contribution in [-0.2, 0) is 0 Å². The van der Waals surface area contributed by atoms with Crippen molar-refractivity contribution in [2.24, 2.45) is 0 Å². The Kier molecular flexibility index (Phi) is 3.64. The van der Waals surface area contributed by atoms with Crippen molar-refractivity contribution in [1.29, 1.82) is 0 Å². The topological polar surface area (TPSA) is 20.2 Å². The lowest BCUT2D eigenvalue weighted by molar-refractivity contribution is 0.273. The first kappa shape index (κ1) is 11.2. The molecule has 1 rings (SSSR count). The van der Waals surface area contributed by atoms with Crippen molar-refractivity contribution in [3.05, 3.63) is 35.1 Å². The zero-order valence-electron chi connectivity index (χ0n) is 8.92. The van der Waals surface area contributed by atoms with Gasteiger partial charge in [-0.3, -0.25) is 0 Å². The standard InChI is InChI=1S/C12H17FO/c1-8(2)11-5-4-10(6-12(11)13)9(3)7-14/h4-6,8-9,14H,7H2,1-3H3. The lowest BCUT2D eigenvalue weighted by atomic mass is 9.96. The maximum atomic E-state index is 13.5. The number of aliphatic hydroxyl groups excluding tert-OH is 1. The van der Waals surface area contributed by atoms with Gasteiger partial charge in [-0.15, -0.1) is 0 Å². The van der Waals surface area contributed by atoms with Gasteiger partial charge in [0.1, 0.15) is 5.82 Å². The number of hydrogen-bond donors (Lipinski definition) is 1. The van der Waals surface area contributed by atoms with Crippen LogP contribution in [0, 0.1) is 5.82 Å². The Bertz CT molecular complexity index is 307. The van der Waals surface area contributed by atoms with E-state index < -0.39 is 0 Å². The van der Waals surface area contributed by atoms with E-state index in [2.05, 4.69) is 0 Å². The van der Waals surface area contributed by atoms with E-state index in [-0.39, 0.29) is 24.3 Å². The quantitative estimate of drug-likeness (QED) is 0.787. The molecule has 0 amide bonds. The Morgan fingerprint density at radius 1 is 1.29 bits per heavy atom. The summed E-state index contributed by atoms with van der Waals surface area (Å²) in [4.78, 5) is 0. The molecule has 1 unspecified atom stereocenters. The molecule has 0 fully saturated rings. The minimum atomic E-state index is -0.169. The third-order valence-corrected chi connectivity index (χ3v) is 2.49. The van der Waals surface area contributed by atoms with E-state index in [9.17, 15) is 4.39 Å². The van der Waals surface area contributed by atoms with Crippen molar-refractivity contribution in [3.63, 3.8) is 0 Å². The normalized spacial score (nSPS) is 13.3. The van der Waals surface area contributed by atoms with Crippen LogP contribution in [0.4, 0.5) is 4.39 Å². The Morgan fingerprint density at radius 3 is 2.36 bits per heavy atom. The van der Waals surface area contributed by atoms with Crippen LogP contribution >= 0.6 is 0 Å². The maximum absolute atomic E-state index is 13.5. The van der Waals surface area contributed by atoms with Gasteiger partial charge in [0.25, 0.3) is 0 Å². The third-order valence-electron chi connectivity index (χ3n) is 2.49. The van der Waals surface area contributed by atoms with Gasteiger partial charge in [-0.2, -0.15) is 0 Å². The van der Waals surface area contributed by atoms with Gasteiger partial charge in [-0.05, 0) is 23.1 Å². The van der Waals surface area contributed by atoms with Crippen molar-refractivity contribution in [3.8, 4) is 0 Å². The number of halogens is 1. The molecule has 0 bridgehead atoms. The lowest BCUT2D eigenvalue weighted by Gasteiger charge is -2.12. The van der Waals surface area contributed by atoms with Crippen LogP contribution in [-0.4, -0.2) is 11.7 Å². The second kappa shape index (κ2) is 4.56. The second-order valence-electron chi connectivity index (χ2n) is 4.02. The van der Waals surface area contributed by atoms with E-state index in [1.165, 1.54) is 6.07 Å². The first-order valence-electron chi connectivity index (χ1n) is 4.96. The average molecular weight is 196 g/mol. The summed E-state index contributed by atoms with van der Waals surface area (Å²) >= 11 is 0. The van der Waals surface area contributed by atoms with Gasteiger partial charge in [-0.25, -0.2) is 4.39 Å². The molecular formula is C12H17FO. The van der Waals surface area contributed by atoms with Crippen LogP contribution in [0.3, 0.4) is 0 Å². The predicted molar refractivity (Wildman–Crippen MR) is 56.0 cm³/mol. The molecule has 0 aliphatic rings. The van der Waals surface area contributed by atoms with Crippen LogP contribution < -0.4 is 0 Å². The molecule has 0 saturated carbocycles. The fourth-order valence-corrected chi connectivity index (χ4v) is 1.42. The highest BCUT2D eigenvalue weighted by Gasteiger charge is 2.10. The van der Waals surface area contributed by atoms with Crippen LogP contribution in [0.15, 0.2) is 18.2 Å². The average Bonchev–Trinajstić information content (AvgIpc) is 2.15. The van der Waals surface area contributed by atoms with Gasteiger partial charge in [0, 0.05) is 12.5 Å². The van der Waals surface area contributed by atoms with Crippen molar-refractivity contribution < 1.29 is 9.50 Å². The fourth-order valence-electron chi connectivity index (χ4n) is 1.42. The van der Waals surface area contributed by atoms with Crippen molar-refractivity contribution in [1.82, 2.24) is 0 Å². The number of rotatable bonds is 3. The maximum Gasteiger partial charge on any atom is 0.126 e. The Morgan fingerprint density at radius 2 is 1.93 bits per heavy atom. The monoisotopic (exact) mass is 196 g/mol. The van der Waals surface area contributed by atoms with Crippen LogP contribution in [0.1, 0.15) is 43.7 Å². The van der Waals surface area contributed by atoms with Crippen LogP contribution in [0.2, 0.25) is 0 Å². The van der Waals surface area contributed by atoms with Crippen LogP contribution in [0.5, 0.6) is 0 Å². The molecule has 2 heteroatoms. The smallest absolute Gasteiger partial charge is 0.126 e. The molecule has 1 aromatic carbocycles. The van der Waals surface area contributed by atoms with E-state index in [1.807, 2.05) is 32.9 Å². The Labute approximate surface area is 84.6 Å². The molecule has 0 radical (unpaired) electrons. The first-order valence-corrected chi connectivity index (χ1v) is 4.96. The van der Waals surface area contributed by atoms with E-state index >= 15 is 0 Å². The molecule has 0 heterocycles. The molecule has 0 aliphatic heterocycles. The van der Waals surface area contributed by atoms with E-state index in [0.717, 1.165) is 11.1 Å². The van der Waals surface area contributed by atoms with Crippen molar-refractivity contribution >= 4 is 0 Å². The molecule has 0 aromatic heterocycles. The highest BCUT2D eigenvalue weighted by Crippen LogP contribution is 2.22. The zero-order chi connectivity index (χ0) is 10.7. The predicted octanol–water partition coefficient (Wildman–Crippen LogP) is 3.04. The van der Waals surface area contributed by atoms with Gasteiger partial charge in [0.15, 0.2) is 0 Å². The molecule has 1 aromatic rings. The van der Waals surface area contributed by atoms with Gasteiger partial charge in [0.05, 0.1) is 0 Å². The number of aliphatic hydroxyl groups is 1. The summed E-state index contributed by atoms with van der Waals surface area (Å²) in [7, 11) is 0. The molecule has 0 spiro atoms. The van der Waals surface area contributed by atoms with Gasteiger partial charge in [-0.1, -0.05) is 32.9 Å². The Hall–Kier alpha value is -0.890. The van der Waals surface area contributed by atoms with Crippen molar-refractivity contribution in [2.45, 2.75) is 32.6 Å². The number of benzene rings is 1. The lowest BCUT2D eigenvalue weighted by Crippen LogP contribution is -2.01. The first-order chi connectivity index (χ1) is 6.56. The molecule has 0 aliphatic carbocycles. The largest absolute Gasteiger partial charge is 0.396 e. The van der Waals surface area contributed by atoms with Gasteiger partial charge >= 0.3 is 0 Å². The van der Waals surface area contributed by atoms with E-state index in [4.69, 9.17) is 5.11 Å². The molecular weight excluding hydrogens is 179 g/mol. The number of hydrogen-bond acceptors (Lipinski definition) is 1. The minimum Gasteiger partial charge on any atom is -0.396 e. The minimum absolute atomic E-state index is 0.00529. The van der Waals surface area contributed by atoms with Crippen LogP contribution in [0.25, 0.3) is 0 Å². The van der Waals surface area contributed by atoms with E-state index in [1.54, 1.807) is 0 Å². The molecule has 14 heavy (non-hydrogen) atoms. The van der Waals surface area contributed by atoms with E-state index in [0.29, 0.717) is 0 Å². The summed E-state index contributed by atoms with van der Waals surface area (Å²) in [6, 6.07) is 5.22. The molecule has 1 N–H and O–H groups in total. The highest BCUT2D eigenvalue weighted by molar-refractivity contribution is 5.28. The summed E-state index contributed by atoms with van der Waals surface area (Å²) in [6.07, 6.45) is 0. The SMILES string of the molecule is CC(C)c1ccc(C(C)CO)cc1F. The fraction of sp³-hybridized carbons (Fsp3) is 0.500. The van der Waals surface area contributed by atoms with Crippen molar-refractivity contribution in [2.75, 3.05) is 6.61 Å². The Balaban J connectivity index is 3.00. The molecule has 1 nitrogen and oxygen atoms in total. The van der Waals surface area contributed by atoms with Gasteiger partial charge in [0.2, 0.25) is 0 Å². The summed E-state index contributed by atoms with van der Waals surface area (Å²) in [5.41, 5.74) is 1.59. The summed E-state index contributed by atoms with van der Waals surface area (Å²) in [6.45, 7) is 5.87. The molecule has 0 saturated heterocycles. The summed E-state index contributed by atoms with van der Waals surface area (Å²) < 4.78 is 13.5. The van der Waals surface area contributed by atoms with Gasteiger partial charge < -0.3 is 5.11 Å². The third kappa shape index (κ3) is 2.32. The summed E-state index contributed by atoms with van der Waals surface area (Å²) in [5.74, 6) is 0.0389. The molecule has 1 atom stereocenters. The summed E-state index contributed by atoms with van der Waals surface area (Å²) in [5, 5.41) is 8.94. The second-order valence-corrected chi connectivity index (χ2v) is 4.02. The zero-order valence-corrected chi connectivity index (χ0v) is 8.92.